The Hall–Kier alpha value is -2.62. The van der Waals surface area contributed by atoms with Crippen LogP contribution in [-0.2, 0) is 30.9 Å². The second-order valence-electron chi connectivity index (χ2n) is 5.22. The number of carboxylic acids is 2. The number of nitrogens with one attached hydrogen (secondary N) is 1. The molecule has 0 fully saturated rings. The highest BCUT2D eigenvalue weighted by Gasteiger charge is 2.23. The average molecular weight is 373 g/mol. The van der Waals surface area contributed by atoms with Gasteiger partial charge in [0.05, 0.1) is 5.75 Å². The Balaban J connectivity index is 2.76. The van der Waals surface area contributed by atoms with E-state index in [0.717, 1.165) is 0 Å². The molecule has 1 rings (SSSR count). The molecule has 0 bridgehead atoms. The fourth-order valence-corrected chi connectivity index (χ4v) is 2.98. The van der Waals surface area contributed by atoms with Gasteiger partial charge >= 0.3 is 28.0 Å². The van der Waals surface area contributed by atoms with Gasteiger partial charge in [-0.15, -0.1) is 0 Å². The van der Waals surface area contributed by atoms with E-state index in [0.29, 0.717) is 18.4 Å². The zero-order valence-electron chi connectivity index (χ0n) is 13.5. The van der Waals surface area contributed by atoms with Crippen LogP contribution in [0.3, 0.4) is 0 Å². The number of aliphatic carboxylic acids is 2. The van der Waals surface area contributed by atoms with E-state index in [1.54, 1.807) is 0 Å². The number of carbonyl (C=O) groups is 3. The Morgan fingerprint density at radius 3 is 2.24 bits per heavy atom. The molecule has 10 heteroatoms. The van der Waals surface area contributed by atoms with E-state index in [2.05, 4.69) is 0 Å². The third-order valence-electron chi connectivity index (χ3n) is 3.13. The number of carboxylic acid groups (broad SMARTS) is 2. The molecule has 0 aliphatic carbocycles. The summed E-state index contributed by atoms with van der Waals surface area (Å²) in [5.41, 5.74) is 0.455. The zero-order chi connectivity index (χ0) is 19.0. The Morgan fingerprint density at radius 2 is 1.76 bits per heavy atom. The van der Waals surface area contributed by atoms with Crippen molar-refractivity contribution in [3.63, 3.8) is 0 Å². The van der Waals surface area contributed by atoms with Crippen LogP contribution in [0.15, 0.2) is 24.3 Å². The van der Waals surface area contributed by atoms with Crippen molar-refractivity contribution in [2.75, 3.05) is 5.75 Å². The van der Waals surface area contributed by atoms with E-state index in [9.17, 15) is 22.8 Å². The number of benzene rings is 1. The highest BCUT2D eigenvalue weighted by molar-refractivity contribution is 7.87. The van der Waals surface area contributed by atoms with Gasteiger partial charge in [-0.05, 0) is 24.1 Å². The van der Waals surface area contributed by atoms with Crippen LogP contribution in [0, 0.1) is 0 Å². The van der Waals surface area contributed by atoms with Crippen molar-refractivity contribution < 1.29 is 37.2 Å². The first-order chi connectivity index (χ1) is 11.6. The maximum absolute atomic E-state index is 11.7. The Morgan fingerprint density at radius 1 is 1.16 bits per heavy atom. The molecular weight excluding hydrogens is 354 g/mol. The topological polar surface area (TPSA) is 147 Å². The van der Waals surface area contributed by atoms with Crippen LogP contribution >= 0.6 is 0 Å². The largest absolute Gasteiger partial charge is 0.480 e. The van der Waals surface area contributed by atoms with Crippen molar-refractivity contribution in [3.8, 4) is 5.75 Å². The molecule has 1 aromatic rings. The number of hydrogen-bond acceptors (Lipinski definition) is 6. The highest BCUT2D eigenvalue weighted by Crippen LogP contribution is 2.16. The van der Waals surface area contributed by atoms with Gasteiger partial charge in [-0.1, -0.05) is 25.5 Å². The molecule has 3 N–H and O–H groups in total. The second kappa shape index (κ2) is 9.02. The standard InChI is InChI=1S/C15H19NO8S/c1-2-3-8-25(22,23)24-11-6-4-10(5-7-11)9-12(14(18)19)16-13(17)15(20)21/h4-7,12H,2-3,8-9H2,1H3,(H,16,17)(H,18,19)(H,20,21). The van der Waals surface area contributed by atoms with Gasteiger partial charge in [0.2, 0.25) is 0 Å². The molecule has 0 saturated heterocycles. The van der Waals surface area contributed by atoms with Gasteiger partial charge in [0.1, 0.15) is 11.8 Å². The first-order valence-corrected chi connectivity index (χ1v) is 9.00. The lowest BCUT2D eigenvalue weighted by molar-refractivity contribution is -0.152. The van der Waals surface area contributed by atoms with E-state index in [1.165, 1.54) is 24.3 Å². The molecule has 1 aromatic carbocycles. The number of unbranched alkanes of at least 4 members (excludes halogenated alkanes) is 1. The van der Waals surface area contributed by atoms with Gasteiger partial charge in [-0.2, -0.15) is 8.42 Å². The van der Waals surface area contributed by atoms with Crippen LogP contribution in [0.4, 0.5) is 0 Å². The monoisotopic (exact) mass is 373 g/mol. The summed E-state index contributed by atoms with van der Waals surface area (Å²) in [7, 11) is -3.69. The number of rotatable bonds is 9. The van der Waals surface area contributed by atoms with Crippen molar-refractivity contribution >= 4 is 28.0 Å². The second-order valence-corrected chi connectivity index (χ2v) is 6.91. The van der Waals surface area contributed by atoms with Crippen molar-refractivity contribution in [3.05, 3.63) is 29.8 Å². The molecule has 0 radical (unpaired) electrons. The van der Waals surface area contributed by atoms with E-state index < -0.39 is 34.0 Å². The lowest BCUT2D eigenvalue weighted by Crippen LogP contribution is -2.45. The summed E-state index contributed by atoms with van der Waals surface area (Å²) < 4.78 is 28.3. The van der Waals surface area contributed by atoms with E-state index in [4.69, 9.17) is 14.4 Å². The summed E-state index contributed by atoms with van der Waals surface area (Å²) in [6.45, 7) is 1.85. The lowest BCUT2D eigenvalue weighted by atomic mass is 10.1. The molecule has 0 aromatic heterocycles. The SMILES string of the molecule is CCCCS(=O)(=O)Oc1ccc(CC(NC(=O)C(=O)O)C(=O)O)cc1. The predicted molar refractivity (Wildman–Crippen MR) is 86.7 cm³/mol. The van der Waals surface area contributed by atoms with Gasteiger partial charge in [0, 0.05) is 6.42 Å². The zero-order valence-corrected chi connectivity index (χ0v) is 14.3. The molecule has 0 aliphatic heterocycles. The molecule has 0 heterocycles. The molecule has 0 spiro atoms. The van der Waals surface area contributed by atoms with E-state index >= 15 is 0 Å². The molecule has 25 heavy (non-hydrogen) atoms. The summed E-state index contributed by atoms with van der Waals surface area (Å²) >= 11 is 0. The number of carbonyl (C=O) groups excluding carboxylic acids is 1. The van der Waals surface area contributed by atoms with Crippen LogP contribution in [0.5, 0.6) is 5.75 Å². The Labute approximate surface area is 144 Å². The average Bonchev–Trinajstić information content (AvgIpc) is 2.53. The van der Waals surface area contributed by atoms with Crippen molar-refractivity contribution in [2.24, 2.45) is 0 Å². The normalized spacial score (nSPS) is 12.2. The lowest BCUT2D eigenvalue weighted by Gasteiger charge is -2.13. The van der Waals surface area contributed by atoms with Crippen molar-refractivity contribution in [1.82, 2.24) is 5.32 Å². The molecule has 0 aliphatic rings. The third kappa shape index (κ3) is 7.21. The molecule has 1 unspecified atom stereocenters. The quantitative estimate of drug-likeness (QED) is 0.416. The maximum atomic E-state index is 11.7. The Kier molecular flexibility index (Phi) is 7.37. The molecule has 1 atom stereocenters. The molecule has 0 saturated carbocycles. The minimum Gasteiger partial charge on any atom is -0.480 e. The fraction of sp³-hybridized carbons (Fsp3) is 0.400. The van der Waals surface area contributed by atoms with Crippen LogP contribution < -0.4 is 9.50 Å². The molecule has 9 nitrogen and oxygen atoms in total. The maximum Gasteiger partial charge on any atom is 0.394 e. The van der Waals surface area contributed by atoms with Gasteiger partial charge in [-0.3, -0.25) is 4.79 Å². The van der Waals surface area contributed by atoms with Crippen molar-refractivity contribution in [2.45, 2.75) is 32.2 Å². The summed E-state index contributed by atoms with van der Waals surface area (Å²) in [5.74, 6) is -4.62. The minimum absolute atomic E-state index is 0.0845. The minimum atomic E-state index is -3.69. The van der Waals surface area contributed by atoms with Crippen LogP contribution in [0.2, 0.25) is 0 Å². The van der Waals surface area contributed by atoms with Gasteiger partial charge in [0.25, 0.3) is 0 Å². The molecule has 138 valence electrons. The van der Waals surface area contributed by atoms with Crippen LogP contribution in [0.1, 0.15) is 25.3 Å². The van der Waals surface area contributed by atoms with Gasteiger partial charge < -0.3 is 19.7 Å². The first kappa shape index (κ1) is 20.4. The smallest absolute Gasteiger partial charge is 0.394 e. The highest BCUT2D eigenvalue weighted by atomic mass is 32.2. The van der Waals surface area contributed by atoms with Crippen LogP contribution in [-0.4, -0.2) is 48.3 Å². The predicted octanol–water partition coefficient (Wildman–Crippen LogP) is 0.392. The summed E-state index contributed by atoms with van der Waals surface area (Å²) in [5, 5.41) is 19.4. The van der Waals surface area contributed by atoms with Gasteiger partial charge in [0.15, 0.2) is 0 Å². The number of amides is 1. The van der Waals surface area contributed by atoms with Crippen molar-refractivity contribution in [1.29, 1.82) is 0 Å². The van der Waals surface area contributed by atoms with E-state index in [1.807, 2.05) is 12.2 Å². The number of hydrogen-bond donors (Lipinski definition) is 3. The van der Waals surface area contributed by atoms with Gasteiger partial charge in [-0.25, -0.2) is 9.59 Å². The van der Waals surface area contributed by atoms with E-state index in [-0.39, 0.29) is 17.9 Å². The summed E-state index contributed by atoms with van der Waals surface area (Å²) in [6.07, 6.45) is 1.02. The summed E-state index contributed by atoms with van der Waals surface area (Å²) in [4.78, 5) is 32.7. The summed E-state index contributed by atoms with van der Waals surface area (Å²) in [6, 6.07) is 4.16. The van der Waals surface area contributed by atoms with Crippen LogP contribution in [0.25, 0.3) is 0 Å². The molecule has 1 amide bonds. The molecular formula is C15H19NO8S. The third-order valence-corrected chi connectivity index (χ3v) is 4.37. The first-order valence-electron chi connectivity index (χ1n) is 7.42. The fourth-order valence-electron chi connectivity index (χ4n) is 1.85. The Bertz CT molecular complexity index is 726.